The first-order valence-electron chi connectivity index (χ1n) is 11.5. The number of benzene rings is 5. The summed E-state index contributed by atoms with van der Waals surface area (Å²) in [5, 5.41) is 18.2. The lowest BCUT2D eigenvalue weighted by Crippen LogP contribution is -3.61. The van der Waals surface area contributed by atoms with E-state index >= 15 is 0 Å². The molecule has 5 aromatic rings. The standard InChI is InChI=1S/C32H25IOP/c34-31(26-16-6-1-7-17-26)32(33-27-18-8-2-9-19-27)35(28-20-10-3-11-21-28,29-22-12-4-13-23-29)30-24-14-5-15-25-30/h1-25H/q+1/b32-31-. The zero-order valence-electron chi connectivity index (χ0n) is 19.2. The number of hydrogen-bond acceptors (Lipinski definition) is 1. The van der Waals surface area contributed by atoms with Gasteiger partial charge in [-0.1, -0.05) is 103 Å². The van der Waals surface area contributed by atoms with Gasteiger partial charge in [0.1, 0.15) is 15.9 Å². The van der Waals surface area contributed by atoms with Crippen LogP contribution in [0.4, 0.5) is 0 Å². The second kappa shape index (κ2) is 11.0. The summed E-state index contributed by atoms with van der Waals surface area (Å²) in [6.45, 7) is 0. The zero-order valence-corrected chi connectivity index (χ0v) is 22.2. The van der Waals surface area contributed by atoms with E-state index in [0.717, 1.165) is 8.88 Å². The molecule has 0 saturated carbocycles. The first kappa shape index (κ1) is 23.5. The van der Waals surface area contributed by atoms with Gasteiger partial charge in [-0.05, 0) is 59.9 Å². The third-order valence-corrected chi connectivity index (χ3v) is 15.0. The Morgan fingerprint density at radius 1 is 0.457 bits per heavy atom. The molecule has 35 heavy (non-hydrogen) atoms. The molecule has 170 valence electrons. The largest absolute Gasteiger partial charge is 0.867 e. The predicted octanol–water partition coefficient (Wildman–Crippen LogP) is 2.63. The van der Waals surface area contributed by atoms with Crippen LogP contribution in [0.3, 0.4) is 0 Å². The molecule has 0 amide bonds. The lowest BCUT2D eigenvalue weighted by atomic mass is 10.2. The summed E-state index contributed by atoms with van der Waals surface area (Å²) in [4.78, 5) is 0. The first-order valence-corrected chi connectivity index (χ1v) is 15.5. The highest BCUT2D eigenvalue weighted by molar-refractivity contribution is 7.98. The second-order valence-corrected chi connectivity index (χ2v) is 15.1. The molecule has 0 fully saturated rings. The van der Waals surface area contributed by atoms with Crippen LogP contribution < -0.4 is 42.2 Å². The van der Waals surface area contributed by atoms with Gasteiger partial charge >= 0.3 is 24.5 Å². The molecule has 5 rings (SSSR count). The highest BCUT2D eigenvalue weighted by atomic mass is 127. The minimum atomic E-state index is -2.43. The average Bonchev–Trinajstić information content (AvgIpc) is 2.95. The Balaban J connectivity index is 1.92. The zero-order chi connectivity index (χ0) is 23.9. The third kappa shape index (κ3) is 4.82. The van der Waals surface area contributed by atoms with Crippen molar-refractivity contribution < 1.29 is 26.3 Å². The summed E-state index contributed by atoms with van der Waals surface area (Å²) >= 11 is -0.756. The molecule has 0 aliphatic rings. The maximum atomic E-state index is 14.5. The van der Waals surface area contributed by atoms with Crippen LogP contribution in [-0.2, 0) is 0 Å². The van der Waals surface area contributed by atoms with E-state index in [9.17, 15) is 5.11 Å². The average molecular weight is 583 g/mol. The van der Waals surface area contributed by atoms with Gasteiger partial charge in [0, 0.05) is 0 Å². The van der Waals surface area contributed by atoms with Crippen molar-refractivity contribution in [3.8, 4) is 0 Å². The number of rotatable bonds is 7. The normalized spacial score (nSPS) is 12.1. The Morgan fingerprint density at radius 2 is 0.800 bits per heavy atom. The van der Waals surface area contributed by atoms with E-state index in [4.69, 9.17) is 0 Å². The quantitative estimate of drug-likeness (QED) is 0.164. The van der Waals surface area contributed by atoms with Crippen LogP contribution in [0, 0.1) is 3.57 Å². The SMILES string of the molecule is [O-]/C(=C(/[I+]c1ccccc1)[P+](c1ccccc1)(c1ccccc1)c1ccccc1)c1ccccc1. The summed E-state index contributed by atoms with van der Waals surface area (Å²) in [6.07, 6.45) is 0. The molecule has 0 heterocycles. The summed E-state index contributed by atoms with van der Waals surface area (Å²) in [6, 6.07) is 52.3. The molecule has 0 aliphatic heterocycles. The van der Waals surface area contributed by atoms with Gasteiger partial charge in [-0.2, -0.15) is 0 Å². The Labute approximate surface area is 218 Å². The fourth-order valence-electron chi connectivity index (χ4n) is 4.29. The Bertz CT molecular complexity index is 1290. The molecule has 0 atom stereocenters. The minimum absolute atomic E-state index is 0.159. The predicted molar refractivity (Wildman–Crippen MR) is 144 cm³/mol. The fraction of sp³-hybridized carbons (Fsp3) is 0. The summed E-state index contributed by atoms with van der Waals surface area (Å²) in [5.74, 6) is 0.159. The van der Waals surface area contributed by atoms with Crippen molar-refractivity contribution in [2.75, 3.05) is 0 Å². The molecule has 0 spiro atoms. The van der Waals surface area contributed by atoms with Crippen LogP contribution in [0.5, 0.6) is 0 Å². The summed E-state index contributed by atoms with van der Waals surface area (Å²) < 4.78 is 2.30. The van der Waals surface area contributed by atoms with E-state index in [1.54, 1.807) is 0 Å². The van der Waals surface area contributed by atoms with Crippen LogP contribution in [0.25, 0.3) is 5.76 Å². The highest BCUT2D eigenvalue weighted by Crippen LogP contribution is 2.60. The molecule has 0 saturated heterocycles. The van der Waals surface area contributed by atoms with Crippen LogP contribution in [0.15, 0.2) is 155 Å². The first-order chi connectivity index (χ1) is 17.3. The fourth-order valence-corrected chi connectivity index (χ4v) is 14.5. The molecule has 0 aliphatic carbocycles. The molecule has 0 radical (unpaired) electrons. The molecule has 1 nitrogen and oxygen atoms in total. The van der Waals surface area contributed by atoms with Gasteiger partial charge in [-0.3, -0.25) is 0 Å². The monoisotopic (exact) mass is 583 g/mol. The lowest BCUT2D eigenvalue weighted by Gasteiger charge is -2.27. The van der Waals surface area contributed by atoms with Gasteiger partial charge in [0.05, 0.1) is 0 Å². The molecule has 0 bridgehead atoms. The van der Waals surface area contributed by atoms with Crippen LogP contribution in [0.2, 0.25) is 0 Å². The van der Waals surface area contributed by atoms with Crippen LogP contribution in [-0.4, -0.2) is 0 Å². The van der Waals surface area contributed by atoms with Crippen molar-refractivity contribution in [3.05, 3.63) is 164 Å². The van der Waals surface area contributed by atoms with Gasteiger partial charge in [0.15, 0.2) is 10.8 Å². The summed E-state index contributed by atoms with van der Waals surface area (Å²) in [5.41, 5.74) is 0.755. The van der Waals surface area contributed by atoms with E-state index in [0.29, 0.717) is 0 Å². The van der Waals surface area contributed by atoms with Crippen LogP contribution >= 0.6 is 7.26 Å². The van der Waals surface area contributed by atoms with Gasteiger partial charge < -0.3 is 5.11 Å². The number of halogens is 1. The van der Waals surface area contributed by atoms with Crippen molar-refractivity contribution in [1.82, 2.24) is 0 Å². The van der Waals surface area contributed by atoms with Crippen molar-refractivity contribution >= 4 is 28.9 Å². The van der Waals surface area contributed by atoms with Crippen molar-refractivity contribution in [2.45, 2.75) is 0 Å². The third-order valence-electron chi connectivity index (χ3n) is 5.88. The van der Waals surface area contributed by atoms with Gasteiger partial charge in [0.2, 0.25) is 0 Å². The second-order valence-electron chi connectivity index (χ2n) is 8.05. The van der Waals surface area contributed by atoms with E-state index in [-0.39, 0.29) is 5.76 Å². The smallest absolute Gasteiger partial charge is 0.399 e. The van der Waals surface area contributed by atoms with Gasteiger partial charge in [-0.25, -0.2) is 0 Å². The van der Waals surface area contributed by atoms with Gasteiger partial charge in [-0.15, -0.1) is 0 Å². The maximum Gasteiger partial charge on any atom is 0.399 e. The lowest BCUT2D eigenvalue weighted by molar-refractivity contribution is -0.568. The van der Waals surface area contributed by atoms with Crippen molar-refractivity contribution in [2.24, 2.45) is 0 Å². The Morgan fingerprint density at radius 3 is 1.20 bits per heavy atom. The Kier molecular flexibility index (Phi) is 7.42. The van der Waals surface area contributed by atoms with Crippen molar-refractivity contribution in [3.63, 3.8) is 0 Å². The molecular formula is C32H25IOP+. The van der Waals surface area contributed by atoms with E-state index in [1.807, 2.05) is 36.4 Å². The Hall–Kier alpha value is -3.20. The molecule has 5 aromatic carbocycles. The highest BCUT2D eigenvalue weighted by Gasteiger charge is 2.57. The topological polar surface area (TPSA) is 23.1 Å². The molecule has 3 heteroatoms. The van der Waals surface area contributed by atoms with E-state index < -0.39 is 28.5 Å². The number of hydrogen-bond donors (Lipinski definition) is 0. The van der Waals surface area contributed by atoms with Crippen molar-refractivity contribution in [1.29, 1.82) is 0 Å². The maximum absolute atomic E-state index is 14.5. The summed E-state index contributed by atoms with van der Waals surface area (Å²) in [7, 11) is -2.43. The molecule has 0 aromatic heterocycles. The van der Waals surface area contributed by atoms with Crippen LogP contribution in [0.1, 0.15) is 5.56 Å². The van der Waals surface area contributed by atoms with E-state index in [2.05, 4.69) is 115 Å². The molecular weight excluding hydrogens is 558 g/mol. The minimum Gasteiger partial charge on any atom is -0.867 e. The molecule has 0 unspecified atom stereocenters. The molecule has 0 N–H and O–H groups in total. The van der Waals surface area contributed by atoms with Gasteiger partial charge in [0.25, 0.3) is 0 Å². The van der Waals surface area contributed by atoms with E-state index in [1.165, 1.54) is 19.5 Å².